The van der Waals surface area contributed by atoms with Crippen molar-refractivity contribution in [1.29, 1.82) is 10.5 Å². The summed E-state index contributed by atoms with van der Waals surface area (Å²) in [6, 6.07) is 15.3. The van der Waals surface area contributed by atoms with E-state index in [0.29, 0.717) is 23.8 Å². The fraction of sp³-hybridized carbons (Fsp3) is 0.407. The summed E-state index contributed by atoms with van der Waals surface area (Å²) in [6.07, 6.45) is 0.743. The van der Waals surface area contributed by atoms with Gasteiger partial charge in [0.1, 0.15) is 5.75 Å². The molecule has 0 aliphatic carbocycles. The summed E-state index contributed by atoms with van der Waals surface area (Å²) in [6.45, 7) is 3.66. The zero-order valence-corrected chi connectivity index (χ0v) is 25.2. The largest absolute Gasteiger partial charge is 0.494 e. The lowest BCUT2D eigenvalue weighted by molar-refractivity contribution is 0.0986. The van der Waals surface area contributed by atoms with Crippen molar-refractivity contribution in [3.63, 3.8) is 0 Å². The van der Waals surface area contributed by atoms with Crippen LogP contribution in [-0.2, 0) is 10.0 Å². The van der Waals surface area contributed by atoms with Gasteiger partial charge in [0.2, 0.25) is 10.0 Å². The second-order valence-electron chi connectivity index (χ2n) is 8.92. The number of hydrogen-bond donors (Lipinski definition) is 0. The number of thiazole rings is 1. The molecule has 0 fully saturated rings. The van der Waals surface area contributed by atoms with Crippen LogP contribution in [0.1, 0.15) is 36.5 Å². The number of halogens is 1. The topological polar surface area (TPSA) is 131 Å². The molecule has 40 heavy (non-hydrogen) atoms. The number of hydrogen-bond acceptors (Lipinski definition) is 9. The van der Waals surface area contributed by atoms with Crippen LogP contribution in [-0.4, -0.2) is 75.4 Å². The molecule has 1 amide bonds. The molecule has 0 saturated heterocycles. The summed E-state index contributed by atoms with van der Waals surface area (Å²) in [5, 5.41) is 18.4. The van der Waals surface area contributed by atoms with Gasteiger partial charge in [0.05, 0.1) is 33.9 Å². The number of nitrogens with zero attached hydrogens (tertiary/aromatic N) is 6. The van der Waals surface area contributed by atoms with Gasteiger partial charge < -0.3 is 9.64 Å². The van der Waals surface area contributed by atoms with Gasteiger partial charge in [-0.25, -0.2) is 13.4 Å². The van der Waals surface area contributed by atoms with Crippen LogP contribution < -0.4 is 9.64 Å². The monoisotopic (exact) mass is 604 g/mol. The van der Waals surface area contributed by atoms with E-state index in [1.54, 1.807) is 4.90 Å². The molecule has 3 rings (SSSR count). The molecule has 2 aromatic carbocycles. The van der Waals surface area contributed by atoms with Crippen LogP contribution in [0.5, 0.6) is 5.75 Å². The standard InChI is InChI=1S/C27H32N6O4S2.ClH/c1-4-37-22-10-13-24-25(20-22)38-27(30-24)33(19-7-16-31(2)3)26(34)21-8-11-23(12-9-21)39(35,36)32(17-5-14-28)18-6-15-29;/h8-13,20H,4-7,16-19H2,1-3H3;1H. The van der Waals surface area contributed by atoms with Crippen LogP contribution in [0, 0.1) is 22.7 Å². The average molecular weight is 605 g/mol. The van der Waals surface area contributed by atoms with E-state index in [4.69, 9.17) is 20.2 Å². The summed E-state index contributed by atoms with van der Waals surface area (Å²) in [5.41, 5.74) is 1.09. The van der Waals surface area contributed by atoms with Crippen molar-refractivity contribution in [3.8, 4) is 17.9 Å². The van der Waals surface area contributed by atoms with Crippen molar-refractivity contribution in [3.05, 3.63) is 48.0 Å². The third kappa shape index (κ3) is 8.37. The van der Waals surface area contributed by atoms with Gasteiger partial charge in [0.15, 0.2) is 5.13 Å². The SMILES string of the molecule is CCOc1ccc2nc(N(CCCN(C)C)C(=O)c3ccc(S(=O)(=O)N(CCC#N)CCC#N)cc3)sc2c1.Cl. The molecule has 0 unspecified atom stereocenters. The maximum atomic E-state index is 13.7. The van der Waals surface area contributed by atoms with E-state index >= 15 is 0 Å². The average Bonchev–Trinajstić information content (AvgIpc) is 3.34. The summed E-state index contributed by atoms with van der Waals surface area (Å²) < 4.78 is 33.9. The molecule has 0 atom stereocenters. The Morgan fingerprint density at radius 1 is 1.00 bits per heavy atom. The smallest absolute Gasteiger partial charge is 0.260 e. The number of sulfonamides is 1. The van der Waals surface area contributed by atoms with Crippen molar-refractivity contribution in [1.82, 2.24) is 14.2 Å². The van der Waals surface area contributed by atoms with Gasteiger partial charge in [-0.15, -0.1) is 12.4 Å². The maximum absolute atomic E-state index is 13.7. The van der Waals surface area contributed by atoms with E-state index in [9.17, 15) is 13.2 Å². The Hall–Kier alpha value is -3.26. The molecule has 3 aromatic rings. The van der Waals surface area contributed by atoms with E-state index in [2.05, 4.69) is 0 Å². The fourth-order valence-corrected chi connectivity index (χ4v) is 6.33. The van der Waals surface area contributed by atoms with E-state index < -0.39 is 10.0 Å². The molecule has 0 N–H and O–H groups in total. The van der Waals surface area contributed by atoms with Gasteiger partial charge in [0, 0.05) is 38.0 Å². The lowest BCUT2D eigenvalue weighted by atomic mass is 10.2. The molecule has 214 valence electrons. The van der Waals surface area contributed by atoms with Crippen LogP contribution in [0.25, 0.3) is 10.2 Å². The first-order valence-electron chi connectivity index (χ1n) is 12.5. The zero-order valence-electron chi connectivity index (χ0n) is 22.7. The Morgan fingerprint density at radius 2 is 1.65 bits per heavy atom. The molecular formula is C27H33ClN6O4S2. The molecule has 0 aliphatic rings. The van der Waals surface area contributed by atoms with E-state index in [0.717, 1.165) is 33.2 Å². The van der Waals surface area contributed by atoms with Gasteiger partial charge in [-0.1, -0.05) is 11.3 Å². The summed E-state index contributed by atoms with van der Waals surface area (Å²) in [7, 11) is 0.00231. The van der Waals surface area contributed by atoms with Crippen LogP contribution in [0.3, 0.4) is 0 Å². The minimum Gasteiger partial charge on any atom is -0.494 e. The predicted molar refractivity (Wildman–Crippen MR) is 159 cm³/mol. The number of carbonyl (C=O) groups is 1. The molecule has 0 saturated carbocycles. The Kier molecular flexibility index (Phi) is 12.8. The molecule has 0 spiro atoms. The Morgan fingerprint density at radius 3 is 2.23 bits per heavy atom. The van der Waals surface area contributed by atoms with Crippen molar-refractivity contribution in [2.45, 2.75) is 31.1 Å². The van der Waals surface area contributed by atoms with Gasteiger partial charge in [-0.2, -0.15) is 14.8 Å². The summed E-state index contributed by atoms with van der Waals surface area (Å²) in [5.74, 6) is 0.452. The van der Waals surface area contributed by atoms with E-state index in [1.807, 2.05) is 56.3 Å². The third-order valence-electron chi connectivity index (χ3n) is 5.81. The minimum atomic E-state index is -3.93. The Labute approximate surface area is 245 Å². The summed E-state index contributed by atoms with van der Waals surface area (Å²) in [4.78, 5) is 22.0. The molecule has 10 nitrogen and oxygen atoms in total. The van der Waals surface area contributed by atoms with Crippen molar-refractivity contribution in [2.75, 3.05) is 51.8 Å². The Balaban J connectivity index is 0.00000560. The number of fused-ring (bicyclic) bond motifs is 1. The first-order valence-corrected chi connectivity index (χ1v) is 14.8. The Bertz CT molecular complexity index is 1440. The highest BCUT2D eigenvalue weighted by Crippen LogP contribution is 2.32. The van der Waals surface area contributed by atoms with Crippen LogP contribution in [0.2, 0.25) is 0 Å². The molecule has 0 aliphatic heterocycles. The number of ether oxygens (including phenoxy) is 1. The van der Waals surface area contributed by atoms with E-state index in [-0.39, 0.29) is 49.1 Å². The molecule has 0 radical (unpaired) electrons. The highest BCUT2D eigenvalue weighted by molar-refractivity contribution is 7.89. The predicted octanol–water partition coefficient (Wildman–Crippen LogP) is 4.53. The van der Waals surface area contributed by atoms with Crippen molar-refractivity contribution >= 4 is 55.0 Å². The van der Waals surface area contributed by atoms with Gasteiger partial charge in [0.25, 0.3) is 5.91 Å². The summed E-state index contributed by atoms with van der Waals surface area (Å²) >= 11 is 1.40. The normalized spacial score (nSPS) is 11.2. The molecular weight excluding hydrogens is 572 g/mol. The maximum Gasteiger partial charge on any atom is 0.260 e. The first-order chi connectivity index (χ1) is 18.7. The van der Waals surface area contributed by atoms with E-state index in [1.165, 1.54) is 35.6 Å². The number of amides is 1. The van der Waals surface area contributed by atoms with Gasteiger partial charge in [-0.3, -0.25) is 9.69 Å². The van der Waals surface area contributed by atoms with Gasteiger partial charge in [-0.05, 0) is 76.4 Å². The number of benzene rings is 2. The first kappa shape index (κ1) is 32.9. The number of carbonyl (C=O) groups excluding carboxylic acids is 1. The fourth-order valence-electron chi connectivity index (χ4n) is 3.87. The highest BCUT2D eigenvalue weighted by Gasteiger charge is 2.26. The van der Waals surface area contributed by atoms with Crippen molar-refractivity contribution < 1.29 is 17.9 Å². The second-order valence-corrected chi connectivity index (χ2v) is 11.9. The minimum absolute atomic E-state index is 0. The quantitative estimate of drug-likeness (QED) is 0.262. The van der Waals surface area contributed by atoms with Crippen LogP contribution in [0.15, 0.2) is 47.4 Å². The van der Waals surface area contributed by atoms with Crippen molar-refractivity contribution in [2.24, 2.45) is 0 Å². The highest BCUT2D eigenvalue weighted by atomic mass is 35.5. The van der Waals surface area contributed by atoms with Gasteiger partial charge >= 0.3 is 0 Å². The number of rotatable bonds is 14. The number of aromatic nitrogens is 1. The number of nitriles is 2. The third-order valence-corrected chi connectivity index (χ3v) is 8.76. The second kappa shape index (κ2) is 15.5. The molecule has 13 heteroatoms. The molecule has 1 heterocycles. The molecule has 0 bridgehead atoms. The zero-order chi connectivity index (χ0) is 28.4. The lowest BCUT2D eigenvalue weighted by Gasteiger charge is -2.22. The van der Waals surface area contributed by atoms with Crippen LogP contribution >= 0.6 is 23.7 Å². The van der Waals surface area contributed by atoms with Crippen LogP contribution in [0.4, 0.5) is 5.13 Å². The lowest BCUT2D eigenvalue weighted by Crippen LogP contribution is -2.34. The molecule has 1 aromatic heterocycles. The number of anilines is 1.